The summed E-state index contributed by atoms with van der Waals surface area (Å²) in [5, 5.41) is 4.67. The second-order valence-electron chi connectivity index (χ2n) is 4.41. The molecule has 0 spiro atoms. The standard InChI is InChI=1S/C15H13Cl3FN/c16-12-3-2-11(14(18)8-12)5-6-20-9-10-1-4-13(17)15(19)7-10/h1-4,7-8,20H,5-6,9H2. The average molecular weight is 333 g/mol. The summed E-state index contributed by atoms with van der Waals surface area (Å²) in [5.74, 6) is -0.397. The fraction of sp³-hybridized carbons (Fsp3) is 0.200. The van der Waals surface area contributed by atoms with E-state index < -0.39 is 5.82 Å². The molecule has 0 heterocycles. The highest BCUT2D eigenvalue weighted by molar-refractivity contribution is 6.35. The first kappa shape index (κ1) is 15.6. The summed E-state index contributed by atoms with van der Waals surface area (Å²) in [6, 6.07) is 10.3. The van der Waals surface area contributed by atoms with Crippen LogP contribution in [-0.2, 0) is 13.0 Å². The monoisotopic (exact) mass is 331 g/mol. The first-order chi connectivity index (χ1) is 9.56. The maximum Gasteiger partial charge on any atom is 0.142 e. The van der Waals surface area contributed by atoms with E-state index >= 15 is 0 Å². The number of nitrogens with one attached hydrogen (secondary N) is 1. The predicted molar refractivity (Wildman–Crippen MR) is 83.3 cm³/mol. The topological polar surface area (TPSA) is 12.0 Å². The van der Waals surface area contributed by atoms with Crippen LogP contribution in [0, 0.1) is 5.82 Å². The summed E-state index contributed by atoms with van der Waals surface area (Å²) in [7, 11) is 0. The Balaban J connectivity index is 1.82. The molecule has 0 aromatic heterocycles. The van der Waals surface area contributed by atoms with Crippen molar-refractivity contribution in [2.45, 2.75) is 13.0 Å². The Kier molecular flexibility index (Phi) is 5.67. The van der Waals surface area contributed by atoms with Gasteiger partial charge in [-0.05, 0) is 48.4 Å². The molecule has 1 nitrogen and oxygen atoms in total. The van der Waals surface area contributed by atoms with Gasteiger partial charge < -0.3 is 5.32 Å². The highest BCUT2D eigenvalue weighted by Gasteiger charge is 2.03. The van der Waals surface area contributed by atoms with Gasteiger partial charge >= 0.3 is 0 Å². The van der Waals surface area contributed by atoms with Crippen LogP contribution in [0.5, 0.6) is 0 Å². The van der Waals surface area contributed by atoms with Crippen molar-refractivity contribution < 1.29 is 4.39 Å². The Hall–Kier alpha value is -0.800. The van der Waals surface area contributed by atoms with Gasteiger partial charge in [-0.3, -0.25) is 0 Å². The summed E-state index contributed by atoms with van der Waals surface area (Å²) in [4.78, 5) is 0. The van der Waals surface area contributed by atoms with Crippen LogP contribution < -0.4 is 5.32 Å². The molecule has 0 fully saturated rings. The van der Waals surface area contributed by atoms with E-state index in [1.807, 2.05) is 12.1 Å². The third-order valence-electron chi connectivity index (χ3n) is 2.90. The van der Waals surface area contributed by atoms with Crippen LogP contribution in [0.3, 0.4) is 0 Å². The van der Waals surface area contributed by atoms with Gasteiger partial charge in [0.15, 0.2) is 0 Å². The van der Waals surface area contributed by atoms with Gasteiger partial charge in [-0.15, -0.1) is 0 Å². The quantitative estimate of drug-likeness (QED) is 0.750. The molecule has 0 radical (unpaired) electrons. The van der Waals surface area contributed by atoms with Crippen LogP contribution in [0.25, 0.3) is 0 Å². The van der Waals surface area contributed by atoms with Gasteiger partial charge in [0.1, 0.15) is 5.82 Å². The maximum atomic E-state index is 13.3. The minimum Gasteiger partial charge on any atom is -0.312 e. The normalized spacial score (nSPS) is 10.8. The number of halogens is 4. The van der Waals surface area contributed by atoms with Crippen molar-refractivity contribution in [2.24, 2.45) is 0 Å². The minimum atomic E-state index is -0.397. The zero-order chi connectivity index (χ0) is 14.5. The third-order valence-corrected chi connectivity index (χ3v) is 3.79. The van der Waals surface area contributed by atoms with E-state index in [9.17, 15) is 4.39 Å². The van der Waals surface area contributed by atoms with Crippen molar-refractivity contribution in [3.05, 3.63) is 68.4 Å². The Labute approximate surface area is 132 Å². The van der Waals surface area contributed by atoms with Crippen LogP contribution in [0.2, 0.25) is 15.1 Å². The highest BCUT2D eigenvalue weighted by atomic mass is 35.5. The zero-order valence-corrected chi connectivity index (χ0v) is 12.9. The van der Waals surface area contributed by atoms with Gasteiger partial charge in [-0.25, -0.2) is 4.39 Å². The molecule has 20 heavy (non-hydrogen) atoms. The molecular weight excluding hydrogens is 320 g/mol. The zero-order valence-electron chi connectivity index (χ0n) is 10.6. The first-order valence-electron chi connectivity index (χ1n) is 6.15. The van der Waals surface area contributed by atoms with Gasteiger partial charge in [0, 0.05) is 16.6 Å². The van der Waals surface area contributed by atoms with Gasteiger partial charge in [-0.1, -0.05) is 46.9 Å². The fourth-order valence-corrected chi connectivity index (χ4v) is 2.45. The van der Waals surface area contributed by atoms with E-state index in [-0.39, 0.29) is 5.02 Å². The smallest absolute Gasteiger partial charge is 0.142 e. The van der Waals surface area contributed by atoms with Crippen LogP contribution in [0.15, 0.2) is 36.4 Å². The molecule has 1 N–H and O–H groups in total. The molecule has 0 aliphatic heterocycles. The van der Waals surface area contributed by atoms with E-state index in [4.69, 9.17) is 34.8 Å². The van der Waals surface area contributed by atoms with Crippen molar-refractivity contribution >= 4 is 34.8 Å². The SMILES string of the molecule is Fc1cc(CNCCc2ccc(Cl)cc2Cl)ccc1Cl. The number of rotatable bonds is 5. The second-order valence-corrected chi connectivity index (χ2v) is 5.66. The molecule has 0 amide bonds. The minimum absolute atomic E-state index is 0.140. The predicted octanol–water partition coefficient (Wildman–Crippen LogP) is 5.12. The van der Waals surface area contributed by atoms with E-state index in [2.05, 4.69) is 5.32 Å². The Morgan fingerprint density at radius 3 is 2.45 bits per heavy atom. The molecule has 0 aliphatic rings. The molecule has 0 aliphatic carbocycles. The van der Waals surface area contributed by atoms with Crippen LogP contribution in [0.1, 0.15) is 11.1 Å². The number of hydrogen-bond donors (Lipinski definition) is 1. The summed E-state index contributed by atoms with van der Waals surface area (Å²) in [6.45, 7) is 1.32. The van der Waals surface area contributed by atoms with Crippen molar-refractivity contribution in [1.82, 2.24) is 5.32 Å². The third kappa shape index (κ3) is 4.35. The summed E-state index contributed by atoms with van der Waals surface area (Å²) < 4.78 is 13.3. The molecule has 2 rings (SSSR count). The first-order valence-corrected chi connectivity index (χ1v) is 7.28. The molecule has 0 saturated heterocycles. The largest absolute Gasteiger partial charge is 0.312 e. The van der Waals surface area contributed by atoms with E-state index in [0.29, 0.717) is 16.6 Å². The molecule has 106 valence electrons. The van der Waals surface area contributed by atoms with Crippen molar-refractivity contribution in [3.8, 4) is 0 Å². The fourth-order valence-electron chi connectivity index (χ4n) is 1.83. The van der Waals surface area contributed by atoms with Crippen molar-refractivity contribution in [3.63, 3.8) is 0 Å². The van der Waals surface area contributed by atoms with Crippen molar-refractivity contribution in [2.75, 3.05) is 6.54 Å². The van der Waals surface area contributed by atoms with Gasteiger partial charge in [0.25, 0.3) is 0 Å². The summed E-state index contributed by atoms with van der Waals surface area (Å²) in [5.41, 5.74) is 1.89. The molecule has 0 bridgehead atoms. The lowest BCUT2D eigenvalue weighted by atomic mass is 10.1. The molecule has 0 atom stereocenters. The van der Waals surface area contributed by atoms with E-state index in [0.717, 1.165) is 24.1 Å². The van der Waals surface area contributed by atoms with E-state index in [1.54, 1.807) is 18.2 Å². The summed E-state index contributed by atoms with van der Waals surface area (Å²) >= 11 is 17.6. The summed E-state index contributed by atoms with van der Waals surface area (Å²) in [6.07, 6.45) is 0.784. The average Bonchev–Trinajstić information content (AvgIpc) is 2.40. The molecule has 2 aromatic rings. The van der Waals surface area contributed by atoms with Gasteiger partial charge in [0.05, 0.1) is 5.02 Å². The van der Waals surface area contributed by atoms with Gasteiger partial charge in [0.2, 0.25) is 0 Å². The van der Waals surface area contributed by atoms with Crippen LogP contribution in [-0.4, -0.2) is 6.54 Å². The lowest BCUT2D eigenvalue weighted by Crippen LogP contribution is -2.16. The van der Waals surface area contributed by atoms with E-state index in [1.165, 1.54) is 6.07 Å². The lowest BCUT2D eigenvalue weighted by molar-refractivity contribution is 0.620. The van der Waals surface area contributed by atoms with Crippen molar-refractivity contribution in [1.29, 1.82) is 0 Å². The second kappa shape index (κ2) is 7.28. The Bertz CT molecular complexity index is 602. The maximum absolute atomic E-state index is 13.3. The van der Waals surface area contributed by atoms with Crippen LogP contribution in [0.4, 0.5) is 4.39 Å². The Morgan fingerprint density at radius 2 is 1.75 bits per heavy atom. The molecule has 0 saturated carbocycles. The lowest BCUT2D eigenvalue weighted by Gasteiger charge is -2.07. The molecular formula is C15H13Cl3FN. The molecule has 5 heteroatoms. The molecule has 0 unspecified atom stereocenters. The highest BCUT2D eigenvalue weighted by Crippen LogP contribution is 2.21. The Morgan fingerprint density at radius 1 is 0.950 bits per heavy atom. The number of benzene rings is 2. The van der Waals surface area contributed by atoms with Crippen LogP contribution >= 0.6 is 34.8 Å². The van der Waals surface area contributed by atoms with Gasteiger partial charge in [-0.2, -0.15) is 0 Å². The number of hydrogen-bond acceptors (Lipinski definition) is 1. The molecule has 2 aromatic carbocycles.